The van der Waals surface area contributed by atoms with Gasteiger partial charge in [0.2, 0.25) is 0 Å². The monoisotopic (exact) mass is 438 g/mol. The van der Waals surface area contributed by atoms with Gasteiger partial charge in [-0.05, 0) is 80.1 Å². The Morgan fingerprint density at radius 2 is 1.62 bits per heavy atom. The maximum atomic E-state index is 12.6. The molecule has 0 fully saturated rings. The van der Waals surface area contributed by atoms with E-state index in [0.717, 1.165) is 49.4 Å². The van der Waals surface area contributed by atoms with Gasteiger partial charge in [0.05, 0.1) is 18.3 Å². The lowest BCUT2D eigenvalue weighted by molar-refractivity contribution is 0.0734. The van der Waals surface area contributed by atoms with Gasteiger partial charge < -0.3 is 14.2 Å². The molecule has 2 aromatic rings. The maximum absolute atomic E-state index is 12.6. The number of fused-ring (bicyclic) bond motifs is 1. The minimum absolute atomic E-state index is 0.296. The molecular formula is C28H38O4. The van der Waals surface area contributed by atoms with Gasteiger partial charge in [-0.2, -0.15) is 0 Å². The van der Waals surface area contributed by atoms with Crippen molar-refractivity contribution in [1.82, 2.24) is 0 Å². The second-order valence-electron chi connectivity index (χ2n) is 8.72. The highest BCUT2D eigenvalue weighted by Crippen LogP contribution is 2.31. The molecule has 0 bridgehead atoms. The Balaban J connectivity index is 1.48. The van der Waals surface area contributed by atoms with Gasteiger partial charge in [0.1, 0.15) is 17.2 Å². The van der Waals surface area contributed by atoms with E-state index in [2.05, 4.69) is 13.8 Å². The van der Waals surface area contributed by atoms with E-state index >= 15 is 0 Å². The van der Waals surface area contributed by atoms with Gasteiger partial charge in [0.15, 0.2) is 0 Å². The Labute approximate surface area is 193 Å². The fraction of sp³-hybridized carbons (Fsp3) is 0.536. The van der Waals surface area contributed by atoms with Gasteiger partial charge in [-0.3, -0.25) is 0 Å². The van der Waals surface area contributed by atoms with Crippen molar-refractivity contribution in [3.8, 4) is 17.2 Å². The molecule has 2 aromatic carbocycles. The van der Waals surface area contributed by atoms with Crippen LogP contribution in [0.5, 0.6) is 17.2 Å². The predicted octanol–water partition coefficient (Wildman–Crippen LogP) is 7.53. The molecular weight excluding hydrogens is 400 g/mol. The fourth-order valence-corrected chi connectivity index (χ4v) is 4.06. The lowest BCUT2D eigenvalue weighted by Gasteiger charge is -2.26. The molecule has 0 radical (unpaired) electrons. The summed E-state index contributed by atoms with van der Waals surface area (Å²) in [6.07, 6.45) is 13.1. The lowest BCUT2D eigenvalue weighted by atomic mass is 9.97. The molecule has 0 saturated heterocycles. The molecule has 0 aromatic heterocycles. The summed E-state index contributed by atoms with van der Waals surface area (Å²) < 4.78 is 17.5. The summed E-state index contributed by atoms with van der Waals surface area (Å²) >= 11 is 0. The van der Waals surface area contributed by atoms with Crippen LogP contribution in [0.15, 0.2) is 42.5 Å². The number of carbonyl (C=O) groups is 1. The van der Waals surface area contributed by atoms with Crippen LogP contribution in [0.3, 0.4) is 0 Å². The van der Waals surface area contributed by atoms with Crippen molar-refractivity contribution >= 4 is 5.97 Å². The fourth-order valence-electron chi connectivity index (χ4n) is 4.06. The summed E-state index contributed by atoms with van der Waals surface area (Å²) in [4.78, 5) is 12.6. The molecule has 1 aliphatic heterocycles. The van der Waals surface area contributed by atoms with Crippen molar-refractivity contribution in [3.63, 3.8) is 0 Å². The van der Waals surface area contributed by atoms with E-state index in [0.29, 0.717) is 17.4 Å². The third-order valence-corrected chi connectivity index (χ3v) is 6.01. The summed E-state index contributed by atoms with van der Waals surface area (Å²) in [5.74, 6) is 1.89. The second-order valence-corrected chi connectivity index (χ2v) is 8.72. The van der Waals surface area contributed by atoms with E-state index in [1.54, 1.807) is 18.2 Å². The molecule has 0 saturated carbocycles. The van der Waals surface area contributed by atoms with Crippen molar-refractivity contribution in [1.29, 1.82) is 0 Å². The van der Waals surface area contributed by atoms with Crippen molar-refractivity contribution in [3.05, 3.63) is 53.6 Å². The van der Waals surface area contributed by atoms with Crippen LogP contribution in [0, 0.1) is 0 Å². The van der Waals surface area contributed by atoms with Crippen LogP contribution in [0.25, 0.3) is 0 Å². The molecule has 0 spiro atoms. The number of benzene rings is 2. The zero-order valence-corrected chi connectivity index (χ0v) is 19.7. The zero-order chi connectivity index (χ0) is 22.6. The predicted molar refractivity (Wildman–Crippen MR) is 129 cm³/mol. The van der Waals surface area contributed by atoms with E-state index in [9.17, 15) is 4.79 Å². The first-order valence-electron chi connectivity index (χ1n) is 12.4. The molecule has 174 valence electrons. The molecule has 1 heterocycles. The zero-order valence-electron chi connectivity index (χ0n) is 19.7. The first-order valence-corrected chi connectivity index (χ1v) is 12.4. The maximum Gasteiger partial charge on any atom is 0.343 e. The molecule has 0 N–H and O–H groups in total. The van der Waals surface area contributed by atoms with Gasteiger partial charge in [-0.15, -0.1) is 0 Å². The van der Waals surface area contributed by atoms with Crippen molar-refractivity contribution in [2.45, 2.75) is 90.6 Å². The minimum Gasteiger partial charge on any atom is -0.494 e. The summed E-state index contributed by atoms with van der Waals surface area (Å²) in [5, 5.41) is 0. The number of unbranched alkanes of at least 4 members (excludes halogenated alkanes) is 6. The van der Waals surface area contributed by atoms with Crippen molar-refractivity contribution < 1.29 is 19.0 Å². The molecule has 0 amide bonds. The SMILES string of the molecule is CCCCCCOc1ccc(OC(=O)c2ccc3c(c2)CC[C@H](CCCCCC)O3)cc1. The summed E-state index contributed by atoms with van der Waals surface area (Å²) in [6.45, 7) is 5.15. The first-order chi connectivity index (χ1) is 15.7. The highest BCUT2D eigenvalue weighted by atomic mass is 16.5. The van der Waals surface area contributed by atoms with Crippen LogP contribution in [0.2, 0.25) is 0 Å². The number of aryl methyl sites for hydroxylation is 1. The summed E-state index contributed by atoms with van der Waals surface area (Å²) in [7, 11) is 0. The average molecular weight is 439 g/mol. The minimum atomic E-state index is -0.345. The standard InChI is InChI=1S/C28H38O4/c1-3-5-7-9-11-25-14-12-22-21-23(13-19-27(22)31-25)28(29)32-26-17-15-24(16-18-26)30-20-10-8-6-4-2/h13,15-19,21,25H,3-12,14,20H2,1-2H3/t25-/m0/s1. The molecule has 4 heteroatoms. The smallest absolute Gasteiger partial charge is 0.343 e. The number of rotatable bonds is 13. The summed E-state index contributed by atoms with van der Waals surface area (Å²) in [5.41, 5.74) is 1.65. The van der Waals surface area contributed by atoms with Gasteiger partial charge in [-0.25, -0.2) is 4.79 Å². The Hall–Kier alpha value is -2.49. The molecule has 3 rings (SSSR count). The highest BCUT2D eigenvalue weighted by Gasteiger charge is 2.21. The summed E-state index contributed by atoms with van der Waals surface area (Å²) in [6, 6.07) is 12.9. The van der Waals surface area contributed by atoms with E-state index in [4.69, 9.17) is 14.2 Å². The van der Waals surface area contributed by atoms with Crippen molar-refractivity contribution in [2.24, 2.45) is 0 Å². The van der Waals surface area contributed by atoms with E-state index < -0.39 is 0 Å². The lowest BCUT2D eigenvalue weighted by Crippen LogP contribution is -2.23. The van der Waals surface area contributed by atoms with Gasteiger partial charge in [0.25, 0.3) is 0 Å². The van der Waals surface area contributed by atoms with Crippen LogP contribution < -0.4 is 14.2 Å². The quantitative estimate of drug-likeness (QED) is 0.184. The molecule has 1 aliphatic rings. The third-order valence-electron chi connectivity index (χ3n) is 6.01. The Bertz CT molecular complexity index is 828. The average Bonchev–Trinajstić information content (AvgIpc) is 2.82. The van der Waals surface area contributed by atoms with Gasteiger partial charge in [0, 0.05) is 0 Å². The van der Waals surface area contributed by atoms with E-state index in [-0.39, 0.29) is 5.97 Å². The van der Waals surface area contributed by atoms with Crippen LogP contribution in [0.4, 0.5) is 0 Å². The number of ether oxygens (including phenoxy) is 3. The molecule has 1 atom stereocenters. The van der Waals surface area contributed by atoms with Crippen LogP contribution in [-0.4, -0.2) is 18.7 Å². The topological polar surface area (TPSA) is 44.8 Å². The molecule has 32 heavy (non-hydrogen) atoms. The highest BCUT2D eigenvalue weighted by molar-refractivity contribution is 5.91. The Kier molecular flexibility index (Phi) is 9.93. The van der Waals surface area contributed by atoms with Gasteiger partial charge in [-0.1, -0.05) is 52.4 Å². The number of hydrogen-bond donors (Lipinski definition) is 0. The van der Waals surface area contributed by atoms with Crippen LogP contribution >= 0.6 is 0 Å². The molecule has 4 nitrogen and oxygen atoms in total. The molecule has 0 unspecified atom stereocenters. The largest absolute Gasteiger partial charge is 0.494 e. The normalized spacial score (nSPS) is 15.0. The van der Waals surface area contributed by atoms with E-state index in [1.807, 2.05) is 24.3 Å². The number of carbonyl (C=O) groups excluding carboxylic acids is 1. The van der Waals surface area contributed by atoms with Crippen molar-refractivity contribution in [2.75, 3.05) is 6.61 Å². The number of hydrogen-bond acceptors (Lipinski definition) is 4. The van der Waals surface area contributed by atoms with E-state index in [1.165, 1.54) is 44.9 Å². The number of esters is 1. The third kappa shape index (κ3) is 7.58. The van der Waals surface area contributed by atoms with Crippen LogP contribution in [0.1, 0.15) is 94.0 Å². The molecule has 0 aliphatic carbocycles. The first kappa shape index (κ1) is 24.2. The Morgan fingerprint density at radius 1 is 0.906 bits per heavy atom. The second kappa shape index (κ2) is 13.1. The Morgan fingerprint density at radius 3 is 2.38 bits per heavy atom. The van der Waals surface area contributed by atoms with Crippen LogP contribution in [-0.2, 0) is 6.42 Å². The van der Waals surface area contributed by atoms with Gasteiger partial charge >= 0.3 is 5.97 Å².